The van der Waals surface area contributed by atoms with Crippen LogP contribution in [0, 0.1) is 17.6 Å². The molecule has 4 heterocycles. The number of aromatic amines is 1. The van der Waals surface area contributed by atoms with Crippen LogP contribution in [-0.4, -0.2) is 49.6 Å². The van der Waals surface area contributed by atoms with Crippen molar-refractivity contribution in [3.63, 3.8) is 0 Å². The molecule has 0 aromatic carbocycles. The molecule has 1 amide bonds. The number of carbonyl (C=O) groups excluding carboxylic acids is 1. The van der Waals surface area contributed by atoms with Gasteiger partial charge in [-0.2, -0.15) is 0 Å². The number of hydrogen-bond acceptors (Lipinski definition) is 5. The van der Waals surface area contributed by atoms with E-state index in [0.717, 1.165) is 31.9 Å². The predicted octanol–water partition coefficient (Wildman–Crippen LogP) is 4.63. The first-order valence-corrected chi connectivity index (χ1v) is 11.0. The molecule has 1 spiro atoms. The van der Waals surface area contributed by atoms with Crippen molar-refractivity contribution < 1.29 is 18.3 Å². The van der Waals surface area contributed by atoms with E-state index in [-0.39, 0.29) is 18.1 Å². The van der Waals surface area contributed by atoms with E-state index in [1.807, 2.05) is 0 Å². The summed E-state index contributed by atoms with van der Waals surface area (Å²) in [5, 5.41) is 0.547. The molecule has 0 unspecified atom stereocenters. The largest absolute Gasteiger partial charge is 0.441 e. The van der Waals surface area contributed by atoms with Gasteiger partial charge in [-0.1, -0.05) is 6.92 Å². The Labute approximate surface area is 184 Å². The summed E-state index contributed by atoms with van der Waals surface area (Å²) in [5.74, 6) is -0.472. The Morgan fingerprint density at radius 3 is 2.97 bits per heavy atom. The number of nitrogens with one attached hydrogen (secondary N) is 1. The quantitative estimate of drug-likeness (QED) is 0.638. The van der Waals surface area contributed by atoms with E-state index in [9.17, 15) is 13.6 Å². The van der Waals surface area contributed by atoms with Gasteiger partial charge in [0.15, 0.2) is 11.6 Å². The Balaban J connectivity index is 1.42. The maximum Gasteiger partial charge on any atom is 0.410 e. The van der Waals surface area contributed by atoms with E-state index in [1.165, 1.54) is 12.3 Å². The Bertz CT molecular complexity index is 1180. The van der Waals surface area contributed by atoms with Gasteiger partial charge in [-0.3, -0.25) is 0 Å². The Morgan fingerprint density at radius 2 is 2.16 bits per heavy atom. The molecule has 9 heteroatoms. The first-order valence-electron chi connectivity index (χ1n) is 11.0. The molecule has 2 fully saturated rings. The predicted molar refractivity (Wildman–Crippen MR) is 114 cm³/mol. The minimum atomic E-state index is -0.518. The number of nitrogens with zero attached hydrogens (tertiary/aromatic N) is 4. The van der Waals surface area contributed by atoms with Gasteiger partial charge in [-0.25, -0.2) is 28.5 Å². The lowest BCUT2D eigenvalue weighted by atomic mass is 9.72. The van der Waals surface area contributed by atoms with Crippen LogP contribution in [0.25, 0.3) is 22.4 Å². The zero-order valence-corrected chi connectivity index (χ0v) is 18.1. The average Bonchev–Trinajstić information content (AvgIpc) is 3.28. The maximum absolute atomic E-state index is 14.7. The van der Waals surface area contributed by atoms with E-state index in [0.29, 0.717) is 41.0 Å². The van der Waals surface area contributed by atoms with Crippen LogP contribution < -0.4 is 0 Å². The van der Waals surface area contributed by atoms with Gasteiger partial charge in [0.2, 0.25) is 0 Å². The summed E-state index contributed by atoms with van der Waals surface area (Å²) in [4.78, 5) is 29.6. The lowest BCUT2D eigenvalue weighted by Crippen LogP contribution is -2.47. The monoisotopic (exact) mass is 441 g/mol. The lowest BCUT2D eigenvalue weighted by Gasteiger charge is -2.40. The zero-order chi connectivity index (χ0) is 22.5. The summed E-state index contributed by atoms with van der Waals surface area (Å²) >= 11 is 0. The van der Waals surface area contributed by atoms with Crippen LogP contribution in [0.3, 0.4) is 0 Å². The summed E-state index contributed by atoms with van der Waals surface area (Å²) < 4.78 is 34.2. The van der Waals surface area contributed by atoms with E-state index in [1.54, 1.807) is 18.1 Å². The van der Waals surface area contributed by atoms with Gasteiger partial charge >= 0.3 is 6.09 Å². The molecule has 7 nitrogen and oxygen atoms in total. The summed E-state index contributed by atoms with van der Waals surface area (Å²) in [7, 11) is 1.78. The summed E-state index contributed by atoms with van der Waals surface area (Å²) in [6.45, 7) is 2.06. The number of carbonyl (C=O) groups is 1. The van der Waals surface area contributed by atoms with Crippen molar-refractivity contribution in [3.8, 4) is 11.4 Å². The molecule has 168 valence electrons. The molecule has 2 aliphatic rings. The molecule has 1 aliphatic heterocycles. The van der Waals surface area contributed by atoms with Gasteiger partial charge in [0.25, 0.3) is 0 Å². The molecule has 1 aliphatic carbocycles. The number of pyridine rings is 1. The highest BCUT2D eigenvalue weighted by Gasteiger charge is 2.53. The van der Waals surface area contributed by atoms with Crippen molar-refractivity contribution in [1.29, 1.82) is 0 Å². The van der Waals surface area contributed by atoms with Gasteiger partial charge in [0, 0.05) is 24.2 Å². The molecule has 0 radical (unpaired) electrons. The molecular weight excluding hydrogens is 416 g/mol. The van der Waals surface area contributed by atoms with Gasteiger partial charge in [0.05, 0.1) is 24.1 Å². The van der Waals surface area contributed by atoms with Crippen LogP contribution in [0.2, 0.25) is 0 Å². The van der Waals surface area contributed by atoms with Crippen molar-refractivity contribution in [1.82, 2.24) is 24.8 Å². The summed E-state index contributed by atoms with van der Waals surface area (Å²) in [6, 6.07) is 1.39. The second-order valence-corrected chi connectivity index (χ2v) is 8.87. The number of fused-ring (bicyclic) bond motifs is 1. The molecule has 0 bridgehead atoms. The van der Waals surface area contributed by atoms with Crippen LogP contribution in [-0.2, 0) is 11.2 Å². The molecule has 3 atom stereocenters. The fraction of sp³-hybridized carbons (Fsp3) is 0.478. The molecule has 1 N–H and O–H groups in total. The highest BCUT2D eigenvalue weighted by Crippen LogP contribution is 2.45. The third-order valence-corrected chi connectivity index (χ3v) is 6.92. The molecule has 1 saturated carbocycles. The molecule has 3 aromatic rings. The number of likely N-dealkylation sites (N-methyl/N-ethyl adjacent to an activating group) is 1. The molecule has 5 rings (SSSR count). The molecule has 3 aromatic heterocycles. The Morgan fingerprint density at radius 1 is 1.31 bits per heavy atom. The first-order chi connectivity index (χ1) is 15.4. The number of H-pyrrole nitrogens is 1. The number of rotatable bonds is 4. The minimum Gasteiger partial charge on any atom is -0.441 e. The van der Waals surface area contributed by atoms with E-state index >= 15 is 0 Å². The molecule has 1 saturated heterocycles. The smallest absolute Gasteiger partial charge is 0.410 e. The second kappa shape index (κ2) is 7.79. The number of halogens is 2. The first kappa shape index (κ1) is 20.8. The molecular formula is C23H25F2N5O2. The fourth-order valence-corrected chi connectivity index (χ4v) is 5.50. The van der Waals surface area contributed by atoms with Gasteiger partial charge < -0.3 is 14.6 Å². The Kier molecular flexibility index (Phi) is 5.06. The van der Waals surface area contributed by atoms with Crippen molar-refractivity contribution in [2.45, 2.75) is 57.1 Å². The van der Waals surface area contributed by atoms with Crippen LogP contribution in [0.1, 0.15) is 44.7 Å². The average molecular weight is 441 g/mol. The standard InChI is InChI=1S/C23H25F2N5O2/c1-3-19-23(32-22(31)30(19)2)6-4-5-13(9-23)7-18-17(25)12-28-21(29-18)16-11-27-20-15(16)8-14(24)10-26-20/h8,10-13,19H,3-7,9H2,1-2H3,(H,26,27)/t13-,19+,23-/m1/s1. The highest BCUT2D eigenvalue weighted by molar-refractivity contribution is 5.91. The Hall–Kier alpha value is -3.10. The van der Waals surface area contributed by atoms with Crippen molar-refractivity contribution in [3.05, 3.63) is 42.0 Å². The maximum atomic E-state index is 14.7. The lowest BCUT2D eigenvalue weighted by molar-refractivity contribution is -0.0172. The second-order valence-electron chi connectivity index (χ2n) is 8.87. The number of aromatic nitrogens is 4. The van der Waals surface area contributed by atoms with E-state index in [4.69, 9.17) is 4.74 Å². The van der Waals surface area contributed by atoms with Crippen molar-refractivity contribution in [2.75, 3.05) is 7.05 Å². The van der Waals surface area contributed by atoms with Crippen molar-refractivity contribution in [2.24, 2.45) is 5.92 Å². The van der Waals surface area contributed by atoms with Crippen LogP contribution in [0.5, 0.6) is 0 Å². The van der Waals surface area contributed by atoms with Crippen LogP contribution in [0.15, 0.2) is 24.7 Å². The van der Waals surface area contributed by atoms with Crippen LogP contribution >= 0.6 is 0 Å². The topological polar surface area (TPSA) is 84.0 Å². The van der Waals surface area contributed by atoms with Gasteiger partial charge in [-0.05, 0) is 50.5 Å². The number of ether oxygens (including phenoxy) is 1. The SMILES string of the molecule is CC[C@@H]1N(C)C(=O)O[C@@]12CCC[C@H](Cc1nc(-c3c[nH]c4ncc(F)cc34)ncc1F)C2. The zero-order valence-electron chi connectivity index (χ0n) is 18.1. The van der Waals surface area contributed by atoms with Gasteiger partial charge in [0.1, 0.15) is 17.1 Å². The van der Waals surface area contributed by atoms with Crippen molar-refractivity contribution >= 4 is 17.1 Å². The fourth-order valence-electron chi connectivity index (χ4n) is 5.50. The number of hydrogen-bond donors (Lipinski definition) is 1. The normalized spacial score (nSPS) is 25.6. The van der Waals surface area contributed by atoms with Crippen LogP contribution in [0.4, 0.5) is 13.6 Å². The highest BCUT2D eigenvalue weighted by atomic mass is 19.1. The van der Waals surface area contributed by atoms with Gasteiger partial charge in [-0.15, -0.1) is 0 Å². The molecule has 32 heavy (non-hydrogen) atoms. The third-order valence-electron chi connectivity index (χ3n) is 6.92. The van der Waals surface area contributed by atoms with E-state index in [2.05, 4.69) is 26.9 Å². The summed E-state index contributed by atoms with van der Waals surface area (Å²) in [5.41, 5.74) is 0.894. The third kappa shape index (κ3) is 3.40. The van der Waals surface area contributed by atoms with E-state index < -0.39 is 17.2 Å². The summed E-state index contributed by atoms with van der Waals surface area (Å²) in [6.07, 6.45) is 8.25. The minimum absolute atomic E-state index is 0.0252. The number of amides is 1.